The van der Waals surface area contributed by atoms with Crippen molar-refractivity contribution in [2.45, 2.75) is 59.0 Å². The van der Waals surface area contributed by atoms with Gasteiger partial charge in [-0.3, -0.25) is 0 Å². The summed E-state index contributed by atoms with van der Waals surface area (Å²) in [4.78, 5) is 13.1. The zero-order chi connectivity index (χ0) is 23.0. The first-order chi connectivity index (χ1) is 14.5. The van der Waals surface area contributed by atoms with E-state index in [4.69, 9.17) is 16.3 Å². The molecule has 0 radical (unpaired) electrons. The van der Waals surface area contributed by atoms with Crippen molar-refractivity contribution in [2.75, 3.05) is 6.61 Å². The minimum atomic E-state index is -3.95. The fourth-order valence-electron chi connectivity index (χ4n) is 3.88. The smallest absolute Gasteiger partial charge is 0.335 e. The molecule has 2 atom stereocenters. The van der Waals surface area contributed by atoms with E-state index in [1.807, 2.05) is 20.8 Å². The number of sulfonamides is 1. The molecule has 1 heterocycles. The maximum atomic E-state index is 14.0. The third-order valence-corrected chi connectivity index (χ3v) is 7.65. The average molecular weight is 478 g/mol. The van der Waals surface area contributed by atoms with E-state index in [0.29, 0.717) is 21.7 Å². The van der Waals surface area contributed by atoms with Crippen molar-refractivity contribution in [3.05, 3.63) is 76.3 Å². The van der Waals surface area contributed by atoms with Crippen molar-refractivity contribution < 1.29 is 17.9 Å². The molecule has 5 nitrogen and oxygen atoms in total. The van der Waals surface area contributed by atoms with Crippen LogP contribution in [0.5, 0.6) is 0 Å². The van der Waals surface area contributed by atoms with E-state index in [-0.39, 0.29) is 18.9 Å². The number of carbonyl (C=O) groups excluding carboxylic acids is 1. The number of benzene rings is 2. The van der Waals surface area contributed by atoms with Crippen LogP contribution in [0.1, 0.15) is 52.3 Å². The maximum Gasteiger partial charge on any atom is 0.335 e. The molecule has 0 N–H and O–H groups in total. The van der Waals surface area contributed by atoms with E-state index in [0.717, 1.165) is 0 Å². The lowest BCUT2D eigenvalue weighted by Gasteiger charge is -2.37. The summed E-state index contributed by atoms with van der Waals surface area (Å²) < 4.78 is 34.8. The molecular formula is C25H32ClNO4S. The van der Waals surface area contributed by atoms with Gasteiger partial charge in [0.05, 0.1) is 23.1 Å². The number of rotatable bonds is 5. The number of esters is 1. The molecule has 0 bridgehead atoms. The molecule has 174 valence electrons. The van der Waals surface area contributed by atoms with Gasteiger partial charge in [-0.1, -0.05) is 76.2 Å². The topological polar surface area (TPSA) is 63.7 Å². The first-order valence-electron chi connectivity index (χ1n) is 10.2. The highest BCUT2D eigenvalue weighted by Gasteiger charge is 2.50. The molecular weight excluding hydrogens is 446 g/mol. The second-order valence-corrected chi connectivity index (χ2v) is 11.0. The first-order valence-corrected chi connectivity index (χ1v) is 12.0. The normalized spacial score (nSPS) is 19.2. The predicted octanol–water partition coefficient (Wildman–Crippen LogP) is 5.93. The number of hydrogen-bond acceptors (Lipinski definition) is 4. The van der Waals surface area contributed by atoms with Gasteiger partial charge in [-0.15, -0.1) is 0 Å². The molecule has 1 aliphatic heterocycles. The van der Waals surface area contributed by atoms with Crippen molar-refractivity contribution in [1.29, 1.82) is 0 Å². The molecule has 0 unspecified atom stereocenters. The summed E-state index contributed by atoms with van der Waals surface area (Å²) in [6.45, 7) is 9.58. The van der Waals surface area contributed by atoms with Gasteiger partial charge >= 0.3 is 5.97 Å². The Morgan fingerprint density at radius 2 is 1.69 bits per heavy atom. The molecule has 7 heteroatoms. The highest BCUT2D eigenvalue weighted by atomic mass is 35.5. The summed E-state index contributed by atoms with van der Waals surface area (Å²) in [6.07, 6.45) is 1.74. The Kier molecular flexibility index (Phi) is 7.97. The number of ether oxygens (including phenoxy) is 1. The summed E-state index contributed by atoms with van der Waals surface area (Å²) in [6, 6.07) is 12.4. The molecule has 0 fully saturated rings. The predicted molar refractivity (Wildman–Crippen MR) is 129 cm³/mol. The van der Waals surface area contributed by atoms with Crippen molar-refractivity contribution >= 4 is 27.6 Å². The minimum absolute atomic E-state index is 0. The van der Waals surface area contributed by atoms with Gasteiger partial charge in [-0.2, -0.15) is 4.31 Å². The first kappa shape index (κ1) is 26.1. The van der Waals surface area contributed by atoms with Crippen LogP contribution in [0.2, 0.25) is 5.02 Å². The van der Waals surface area contributed by atoms with E-state index in [1.165, 1.54) is 4.31 Å². The van der Waals surface area contributed by atoms with Gasteiger partial charge in [0.15, 0.2) is 0 Å². The van der Waals surface area contributed by atoms with Crippen LogP contribution >= 0.6 is 11.6 Å². The lowest BCUT2D eigenvalue weighted by molar-refractivity contribution is -0.138. The molecule has 0 amide bonds. The zero-order valence-electron chi connectivity index (χ0n) is 18.4. The van der Waals surface area contributed by atoms with Crippen LogP contribution in [-0.2, 0) is 19.6 Å². The Morgan fingerprint density at radius 3 is 2.22 bits per heavy atom. The quantitative estimate of drug-likeness (QED) is 0.500. The Balaban J connectivity index is 0.00000363. The molecule has 2 aromatic rings. The third-order valence-electron chi connectivity index (χ3n) is 5.39. The Labute approximate surface area is 197 Å². The van der Waals surface area contributed by atoms with Crippen LogP contribution in [0.4, 0.5) is 0 Å². The van der Waals surface area contributed by atoms with Crippen molar-refractivity contribution in [3.63, 3.8) is 0 Å². The van der Waals surface area contributed by atoms with Crippen LogP contribution in [0.15, 0.2) is 65.1 Å². The van der Waals surface area contributed by atoms with Crippen molar-refractivity contribution in [3.8, 4) is 0 Å². The van der Waals surface area contributed by atoms with E-state index in [2.05, 4.69) is 0 Å². The van der Waals surface area contributed by atoms with Crippen LogP contribution in [-0.4, -0.2) is 31.3 Å². The Morgan fingerprint density at radius 1 is 1.09 bits per heavy atom. The van der Waals surface area contributed by atoms with E-state index >= 15 is 0 Å². The van der Waals surface area contributed by atoms with Crippen LogP contribution in [0, 0.1) is 12.3 Å². The summed E-state index contributed by atoms with van der Waals surface area (Å²) >= 11 is 6.07. The van der Waals surface area contributed by atoms with E-state index < -0.39 is 33.5 Å². The lowest BCUT2D eigenvalue weighted by Crippen LogP contribution is -2.45. The van der Waals surface area contributed by atoms with Gasteiger partial charge < -0.3 is 4.74 Å². The summed E-state index contributed by atoms with van der Waals surface area (Å²) in [7, 11) is -3.95. The number of aryl methyl sites for hydroxylation is 1. The van der Waals surface area contributed by atoms with E-state index in [1.54, 1.807) is 68.5 Å². The molecule has 32 heavy (non-hydrogen) atoms. The Bertz CT molecular complexity index is 1100. The molecule has 0 aromatic heterocycles. The highest BCUT2D eigenvalue weighted by molar-refractivity contribution is 7.89. The lowest BCUT2D eigenvalue weighted by atomic mass is 9.87. The molecule has 2 aromatic carbocycles. The number of carbonyl (C=O) groups is 1. The monoisotopic (exact) mass is 477 g/mol. The van der Waals surface area contributed by atoms with Gasteiger partial charge in [0.2, 0.25) is 10.0 Å². The largest absolute Gasteiger partial charge is 0.463 e. The molecule has 0 saturated heterocycles. The summed E-state index contributed by atoms with van der Waals surface area (Å²) in [5.74, 6) is -0.515. The van der Waals surface area contributed by atoms with Crippen LogP contribution in [0.3, 0.4) is 0 Å². The molecule has 3 rings (SSSR count). The average Bonchev–Trinajstić information content (AvgIpc) is 3.11. The summed E-state index contributed by atoms with van der Waals surface area (Å²) in [5, 5.41) is 0.532. The fourth-order valence-corrected chi connectivity index (χ4v) is 6.14. The van der Waals surface area contributed by atoms with Crippen LogP contribution < -0.4 is 0 Å². The van der Waals surface area contributed by atoms with Gasteiger partial charge in [0.1, 0.15) is 0 Å². The number of nitrogens with zero attached hydrogens (tertiary/aromatic N) is 1. The van der Waals surface area contributed by atoms with Gasteiger partial charge in [0, 0.05) is 11.1 Å². The van der Waals surface area contributed by atoms with Crippen molar-refractivity contribution in [1.82, 2.24) is 4.31 Å². The minimum Gasteiger partial charge on any atom is -0.463 e. The van der Waals surface area contributed by atoms with Crippen molar-refractivity contribution in [2.24, 2.45) is 5.41 Å². The second kappa shape index (κ2) is 9.77. The molecule has 0 aliphatic carbocycles. The fraction of sp³-hybridized carbons (Fsp3) is 0.400. The third kappa shape index (κ3) is 4.92. The molecule has 0 spiro atoms. The maximum absolute atomic E-state index is 14.0. The zero-order valence-corrected chi connectivity index (χ0v) is 20.0. The van der Waals surface area contributed by atoms with Gasteiger partial charge in [-0.05, 0) is 48.6 Å². The van der Waals surface area contributed by atoms with Crippen LogP contribution in [0.25, 0.3) is 0 Å². The highest BCUT2D eigenvalue weighted by Crippen LogP contribution is 2.46. The van der Waals surface area contributed by atoms with Gasteiger partial charge in [0.25, 0.3) is 0 Å². The molecule has 1 aliphatic rings. The molecule has 0 saturated carbocycles. The number of hydrogen-bond donors (Lipinski definition) is 0. The Hall–Kier alpha value is -2.15. The summed E-state index contributed by atoms with van der Waals surface area (Å²) in [5.41, 5.74) is 1.16. The standard InChI is InChI=1S/C24H28ClNO4S.CH4/c1-6-30-23(27)19-15-21(24(3,4)5)26(22(19)17-11-13-18(25)14-12-17)31(28,29)20-10-8-7-9-16(20)2;/h7-15,21-22H,6H2,1-5H3;1H4/t21-,22-;/m0./s1. The van der Waals surface area contributed by atoms with Gasteiger partial charge in [-0.25, -0.2) is 13.2 Å². The SMILES string of the molecule is C.CCOC(=O)C1=C[C@@H](C(C)(C)C)N(S(=O)(=O)c2ccccc2C)[C@H]1c1ccc(Cl)cc1. The second-order valence-electron chi connectivity index (χ2n) is 8.71. The van der Waals surface area contributed by atoms with E-state index in [9.17, 15) is 13.2 Å². The number of halogens is 1.